The van der Waals surface area contributed by atoms with Gasteiger partial charge in [0, 0.05) is 5.69 Å². The highest BCUT2D eigenvalue weighted by Gasteiger charge is 2.18. The van der Waals surface area contributed by atoms with E-state index in [1.165, 1.54) is 6.33 Å². The first-order valence-electron chi connectivity index (χ1n) is 10.1. The maximum Gasteiger partial charge on any atom is 0.263 e. The van der Waals surface area contributed by atoms with Gasteiger partial charge in [0.2, 0.25) is 0 Å². The second kappa shape index (κ2) is 7.05. The molecule has 5 rings (SSSR count). The minimum Gasteiger partial charge on any atom is -0.383 e. The van der Waals surface area contributed by atoms with Gasteiger partial charge >= 0.3 is 0 Å². The number of hydrogen-bond acceptors (Lipinski definition) is 5. The Morgan fingerprint density at radius 3 is 2.52 bits per heavy atom. The summed E-state index contributed by atoms with van der Waals surface area (Å²) in [5.41, 5.74) is 11.1. The number of nitrogen functional groups attached to an aromatic ring is 1. The van der Waals surface area contributed by atoms with Gasteiger partial charge in [-0.25, -0.2) is 14.6 Å². The van der Waals surface area contributed by atoms with Crippen molar-refractivity contribution in [2.45, 2.75) is 27.3 Å². The molecule has 5 aromatic rings. The Morgan fingerprint density at radius 1 is 0.935 bits per heavy atom. The van der Waals surface area contributed by atoms with Crippen molar-refractivity contribution in [1.82, 2.24) is 24.3 Å². The average molecular weight is 410 g/mol. The number of aryl methyl sites for hydroxylation is 3. The minimum atomic E-state index is -0.0396. The summed E-state index contributed by atoms with van der Waals surface area (Å²) < 4.78 is 3.58. The first kappa shape index (κ1) is 19.0. The molecule has 7 nitrogen and oxygen atoms in total. The lowest BCUT2D eigenvalue weighted by Crippen LogP contribution is -2.25. The lowest BCUT2D eigenvalue weighted by atomic mass is 10.1. The van der Waals surface area contributed by atoms with Gasteiger partial charge in [0.25, 0.3) is 5.56 Å². The zero-order valence-electron chi connectivity index (χ0n) is 17.6. The molecule has 0 unspecified atom stereocenters. The van der Waals surface area contributed by atoms with Crippen LogP contribution in [-0.2, 0) is 6.54 Å². The third kappa shape index (κ3) is 2.97. The number of benzene rings is 2. The van der Waals surface area contributed by atoms with Gasteiger partial charge in [-0.3, -0.25) is 9.36 Å². The monoisotopic (exact) mass is 410 g/mol. The quantitative estimate of drug-likeness (QED) is 0.490. The van der Waals surface area contributed by atoms with Gasteiger partial charge in [-0.05, 0) is 49.4 Å². The standard InChI is InChI=1S/C24H22N6O/c1-14-7-4-5-10-19(14)30-18(11-17-9-6-8-15(2)20(17)24(30)31)12-29-23-21(16(3)28-29)22(25)26-13-27-23/h4-11,13H,12H2,1-3H3,(H2,25,26,27). The molecule has 2 N–H and O–H groups in total. The van der Waals surface area contributed by atoms with E-state index in [4.69, 9.17) is 5.73 Å². The molecule has 0 aliphatic rings. The van der Waals surface area contributed by atoms with E-state index in [0.717, 1.165) is 44.4 Å². The molecular weight excluding hydrogens is 388 g/mol. The van der Waals surface area contributed by atoms with Gasteiger partial charge in [-0.1, -0.05) is 36.4 Å². The third-order valence-electron chi connectivity index (χ3n) is 5.73. The molecule has 0 saturated carbocycles. The fraction of sp³-hybridized carbons (Fsp3) is 0.167. The summed E-state index contributed by atoms with van der Waals surface area (Å²) in [4.78, 5) is 22.2. The van der Waals surface area contributed by atoms with Gasteiger partial charge in [-0.15, -0.1) is 0 Å². The van der Waals surface area contributed by atoms with Crippen molar-refractivity contribution in [2.24, 2.45) is 0 Å². The second-order valence-corrected chi connectivity index (χ2v) is 7.80. The molecule has 3 heterocycles. The maximum atomic E-state index is 13.7. The van der Waals surface area contributed by atoms with Crippen molar-refractivity contribution in [3.63, 3.8) is 0 Å². The van der Waals surface area contributed by atoms with E-state index >= 15 is 0 Å². The number of para-hydroxylation sites is 1. The molecule has 0 spiro atoms. The summed E-state index contributed by atoms with van der Waals surface area (Å²) in [6.45, 7) is 6.23. The average Bonchev–Trinajstić information content (AvgIpc) is 3.05. The molecule has 154 valence electrons. The SMILES string of the molecule is Cc1ccccc1-n1c(Cn2nc(C)c3c(N)ncnc32)cc2cccc(C)c2c1=O. The van der Waals surface area contributed by atoms with Gasteiger partial charge in [-0.2, -0.15) is 5.10 Å². The van der Waals surface area contributed by atoms with Crippen molar-refractivity contribution in [3.8, 4) is 5.69 Å². The fourth-order valence-electron chi connectivity index (χ4n) is 4.26. The number of anilines is 1. The number of nitrogens with zero attached hydrogens (tertiary/aromatic N) is 5. The predicted octanol–water partition coefficient (Wildman–Crippen LogP) is 3.69. The van der Waals surface area contributed by atoms with Crippen LogP contribution in [0.2, 0.25) is 0 Å². The van der Waals surface area contributed by atoms with Crippen molar-refractivity contribution in [1.29, 1.82) is 0 Å². The van der Waals surface area contributed by atoms with Crippen LogP contribution in [0.3, 0.4) is 0 Å². The van der Waals surface area contributed by atoms with E-state index in [1.54, 1.807) is 9.25 Å². The smallest absolute Gasteiger partial charge is 0.263 e. The highest BCUT2D eigenvalue weighted by Crippen LogP contribution is 2.24. The fourth-order valence-corrected chi connectivity index (χ4v) is 4.26. The molecule has 3 aromatic heterocycles. The molecule has 0 bridgehead atoms. The largest absolute Gasteiger partial charge is 0.383 e. The number of rotatable bonds is 3. The molecule has 0 amide bonds. The molecule has 0 fully saturated rings. The van der Waals surface area contributed by atoms with E-state index in [1.807, 2.05) is 63.2 Å². The Labute approximate surface area is 178 Å². The molecule has 0 atom stereocenters. The van der Waals surface area contributed by atoms with E-state index in [9.17, 15) is 4.79 Å². The van der Waals surface area contributed by atoms with Gasteiger partial charge in [0.15, 0.2) is 5.65 Å². The molecular formula is C24H22N6O. The molecule has 7 heteroatoms. The second-order valence-electron chi connectivity index (χ2n) is 7.80. The number of pyridine rings is 1. The number of fused-ring (bicyclic) bond motifs is 2. The molecule has 0 saturated heterocycles. The Hall–Kier alpha value is -4.00. The summed E-state index contributed by atoms with van der Waals surface area (Å²) in [6, 6.07) is 15.9. The highest BCUT2D eigenvalue weighted by atomic mass is 16.1. The highest BCUT2D eigenvalue weighted by molar-refractivity contribution is 5.88. The van der Waals surface area contributed by atoms with Crippen LogP contribution < -0.4 is 11.3 Å². The predicted molar refractivity (Wildman–Crippen MR) is 123 cm³/mol. The number of nitrogens with two attached hydrogens (primary N) is 1. The molecule has 0 radical (unpaired) electrons. The van der Waals surface area contributed by atoms with Crippen molar-refractivity contribution >= 4 is 27.6 Å². The molecule has 31 heavy (non-hydrogen) atoms. The zero-order chi connectivity index (χ0) is 21.7. The zero-order valence-corrected chi connectivity index (χ0v) is 17.6. The maximum absolute atomic E-state index is 13.7. The minimum absolute atomic E-state index is 0.0396. The van der Waals surface area contributed by atoms with Crippen LogP contribution in [-0.4, -0.2) is 24.3 Å². The lowest BCUT2D eigenvalue weighted by molar-refractivity contribution is 0.663. The van der Waals surface area contributed by atoms with Crippen LogP contribution in [0.5, 0.6) is 0 Å². The summed E-state index contributed by atoms with van der Waals surface area (Å²) in [7, 11) is 0. The number of aromatic nitrogens is 5. The van der Waals surface area contributed by atoms with Crippen LogP contribution in [0.1, 0.15) is 22.5 Å². The molecule has 2 aromatic carbocycles. The van der Waals surface area contributed by atoms with Crippen molar-refractivity contribution in [3.05, 3.63) is 87.7 Å². The Bertz CT molecular complexity index is 1530. The third-order valence-corrected chi connectivity index (χ3v) is 5.73. The van der Waals surface area contributed by atoms with Crippen LogP contribution in [0.25, 0.3) is 27.5 Å². The van der Waals surface area contributed by atoms with Crippen LogP contribution in [0.15, 0.2) is 59.7 Å². The van der Waals surface area contributed by atoms with Crippen LogP contribution in [0.4, 0.5) is 5.82 Å². The van der Waals surface area contributed by atoms with Crippen molar-refractivity contribution < 1.29 is 0 Å². The Morgan fingerprint density at radius 2 is 1.71 bits per heavy atom. The van der Waals surface area contributed by atoms with Gasteiger partial charge in [0.1, 0.15) is 12.1 Å². The summed E-state index contributed by atoms with van der Waals surface area (Å²) in [5.74, 6) is 0.402. The normalized spacial score (nSPS) is 11.5. The Kier molecular flexibility index (Phi) is 4.32. The first-order valence-corrected chi connectivity index (χ1v) is 10.1. The Balaban J connectivity index is 1.82. The lowest BCUT2D eigenvalue weighted by Gasteiger charge is -2.17. The van der Waals surface area contributed by atoms with E-state index < -0.39 is 0 Å². The van der Waals surface area contributed by atoms with Gasteiger partial charge < -0.3 is 5.73 Å². The van der Waals surface area contributed by atoms with E-state index in [0.29, 0.717) is 18.0 Å². The van der Waals surface area contributed by atoms with E-state index in [2.05, 4.69) is 21.1 Å². The van der Waals surface area contributed by atoms with Crippen LogP contribution >= 0.6 is 0 Å². The summed E-state index contributed by atoms with van der Waals surface area (Å²) in [6.07, 6.45) is 1.44. The topological polar surface area (TPSA) is 91.6 Å². The van der Waals surface area contributed by atoms with Crippen LogP contribution in [0, 0.1) is 20.8 Å². The summed E-state index contributed by atoms with van der Waals surface area (Å²) in [5, 5.41) is 7.02. The van der Waals surface area contributed by atoms with E-state index in [-0.39, 0.29) is 5.56 Å². The number of hydrogen-bond donors (Lipinski definition) is 1. The molecule has 0 aliphatic carbocycles. The first-order chi connectivity index (χ1) is 15.0. The van der Waals surface area contributed by atoms with Gasteiger partial charge in [0.05, 0.1) is 28.7 Å². The van der Waals surface area contributed by atoms with Crippen molar-refractivity contribution in [2.75, 3.05) is 5.73 Å². The summed E-state index contributed by atoms with van der Waals surface area (Å²) >= 11 is 0. The molecule has 0 aliphatic heterocycles.